The molecule has 1 aromatic rings. The number of carboxylic acid groups (broad SMARTS) is 1. The average molecular weight is 541 g/mol. The standard InChI is InChI=1S/C34H52O5/c1-33(2,32(37)38)22-10-8-14-24-16-12-20-28(30(24)35)26-18-6-7-19-27(26)29-21-13-17-25(31(29)36)15-9-11-23-34(3,4)39-5/h6-7,18-19,24-25,28-29H,8-17,20-23H2,1-5H3,(H,37,38). The Morgan fingerprint density at radius 2 is 1.26 bits per heavy atom. The molecule has 0 aliphatic heterocycles. The van der Waals surface area contributed by atoms with E-state index in [4.69, 9.17) is 4.74 Å². The Morgan fingerprint density at radius 1 is 0.795 bits per heavy atom. The lowest BCUT2D eigenvalue weighted by Gasteiger charge is -2.33. The fraction of sp³-hybridized carbons (Fsp3) is 0.735. The van der Waals surface area contributed by atoms with Crippen LogP contribution in [-0.2, 0) is 19.1 Å². The first-order valence-electron chi connectivity index (χ1n) is 15.4. The van der Waals surface area contributed by atoms with Crippen LogP contribution >= 0.6 is 0 Å². The minimum Gasteiger partial charge on any atom is -0.481 e. The Morgan fingerprint density at radius 3 is 1.69 bits per heavy atom. The van der Waals surface area contributed by atoms with Crippen molar-refractivity contribution in [3.05, 3.63) is 35.4 Å². The van der Waals surface area contributed by atoms with E-state index in [2.05, 4.69) is 26.0 Å². The van der Waals surface area contributed by atoms with Gasteiger partial charge < -0.3 is 9.84 Å². The van der Waals surface area contributed by atoms with Crippen LogP contribution in [0.1, 0.15) is 141 Å². The molecule has 5 nitrogen and oxygen atoms in total. The molecule has 0 bridgehead atoms. The van der Waals surface area contributed by atoms with Crippen LogP contribution in [-0.4, -0.2) is 35.4 Å². The van der Waals surface area contributed by atoms with Crippen LogP contribution in [0.5, 0.6) is 0 Å². The first-order chi connectivity index (χ1) is 18.5. The number of carbonyl (C=O) groups is 3. The quantitative estimate of drug-likeness (QED) is 0.240. The third-order valence-electron chi connectivity index (χ3n) is 9.65. The lowest BCUT2D eigenvalue weighted by molar-refractivity contribution is -0.147. The molecule has 218 valence electrons. The number of hydrogen-bond donors (Lipinski definition) is 1. The SMILES string of the molecule is COC(C)(C)CCCCC1CCCC(c2ccccc2C2CCCC(CCCCC(C)(C)C(=O)O)C2=O)C1=O. The predicted molar refractivity (Wildman–Crippen MR) is 156 cm³/mol. The maximum atomic E-state index is 13.7. The molecular weight excluding hydrogens is 488 g/mol. The molecule has 39 heavy (non-hydrogen) atoms. The minimum absolute atomic E-state index is 0.0379. The van der Waals surface area contributed by atoms with Crippen LogP contribution in [0.2, 0.25) is 0 Å². The summed E-state index contributed by atoms with van der Waals surface area (Å²) in [5.74, 6) is -0.125. The smallest absolute Gasteiger partial charge is 0.309 e. The second-order valence-electron chi connectivity index (χ2n) is 13.4. The van der Waals surface area contributed by atoms with E-state index in [-0.39, 0.29) is 29.3 Å². The van der Waals surface area contributed by atoms with Gasteiger partial charge in [-0.15, -0.1) is 0 Å². The summed E-state index contributed by atoms with van der Waals surface area (Å²) in [5.41, 5.74) is 1.34. The fourth-order valence-electron chi connectivity index (χ4n) is 6.72. The van der Waals surface area contributed by atoms with E-state index in [1.165, 1.54) is 0 Å². The molecule has 0 spiro atoms. The van der Waals surface area contributed by atoms with Crippen molar-refractivity contribution in [3.8, 4) is 0 Å². The zero-order valence-electron chi connectivity index (χ0n) is 25.1. The molecule has 2 aliphatic rings. The zero-order chi connectivity index (χ0) is 28.6. The third-order valence-corrected chi connectivity index (χ3v) is 9.65. The topological polar surface area (TPSA) is 80.7 Å². The Kier molecular flexibility index (Phi) is 11.4. The summed E-state index contributed by atoms with van der Waals surface area (Å²) in [7, 11) is 1.76. The van der Waals surface area contributed by atoms with E-state index >= 15 is 0 Å². The van der Waals surface area contributed by atoms with Crippen LogP contribution in [0, 0.1) is 17.3 Å². The molecule has 2 fully saturated rings. The Labute approximate surface area is 236 Å². The molecular formula is C34H52O5. The number of hydrogen-bond acceptors (Lipinski definition) is 4. The highest BCUT2D eigenvalue weighted by Crippen LogP contribution is 2.42. The van der Waals surface area contributed by atoms with Gasteiger partial charge >= 0.3 is 5.97 Å². The largest absolute Gasteiger partial charge is 0.481 e. The highest BCUT2D eigenvalue weighted by atomic mass is 16.5. The van der Waals surface area contributed by atoms with Gasteiger partial charge in [0.2, 0.25) is 0 Å². The number of rotatable bonds is 14. The molecule has 4 atom stereocenters. The number of carboxylic acids is 1. The van der Waals surface area contributed by atoms with Crippen LogP contribution in [0.3, 0.4) is 0 Å². The lowest BCUT2D eigenvalue weighted by atomic mass is 9.69. The highest BCUT2D eigenvalue weighted by Gasteiger charge is 2.37. The molecule has 4 unspecified atom stereocenters. The van der Waals surface area contributed by atoms with E-state index in [1.54, 1.807) is 21.0 Å². The average Bonchev–Trinajstić information content (AvgIpc) is 2.91. The molecule has 0 radical (unpaired) electrons. The van der Waals surface area contributed by atoms with Crippen molar-refractivity contribution in [1.82, 2.24) is 0 Å². The first-order valence-corrected chi connectivity index (χ1v) is 15.4. The normalized spacial score (nSPS) is 24.6. The third kappa shape index (κ3) is 8.49. The predicted octanol–water partition coefficient (Wildman–Crippen LogP) is 8.25. The summed E-state index contributed by atoms with van der Waals surface area (Å²) in [5, 5.41) is 9.37. The minimum atomic E-state index is -0.762. The molecule has 0 aromatic heterocycles. The van der Waals surface area contributed by atoms with Gasteiger partial charge in [0.15, 0.2) is 0 Å². The monoisotopic (exact) mass is 540 g/mol. The maximum Gasteiger partial charge on any atom is 0.309 e. The van der Waals surface area contributed by atoms with Crippen molar-refractivity contribution in [1.29, 1.82) is 0 Å². The number of benzene rings is 1. The second-order valence-corrected chi connectivity index (χ2v) is 13.4. The lowest BCUT2D eigenvalue weighted by Crippen LogP contribution is -2.31. The van der Waals surface area contributed by atoms with E-state index < -0.39 is 11.4 Å². The van der Waals surface area contributed by atoms with Crippen LogP contribution < -0.4 is 0 Å². The maximum absolute atomic E-state index is 13.7. The van der Waals surface area contributed by atoms with Gasteiger partial charge in [-0.1, -0.05) is 62.8 Å². The molecule has 2 aliphatic carbocycles. The van der Waals surface area contributed by atoms with Crippen molar-refractivity contribution in [2.45, 2.75) is 135 Å². The van der Waals surface area contributed by atoms with E-state index in [1.807, 2.05) is 12.1 Å². The van der Waals surface area contributed by atoms with Gasteiger partial charge in [0, 0.05) is 30.8 Å². The summed E-state index contributed by atoms with van der Waals surface area (Å²) >= 11 is 0. The number of ketones is 2. The molecule has 1 N–H and O–H groups in total. The molecule has 2 saturated carbocycles. The van der Waals surface area contributed by atoms with Crippen molar-refractivity contribution in [3.63, 3.8) is 0 Å². The van der Waals surface area contributed by atoms with Gasteiger partial charge in [-0.05, 0) is 90.2 Å². The van der Waals surface area contributed by atoms with Gasteiger partial charge in [0.25, 0.3) is 0 Å². The molecule has 1 aromatic carbocycles. The van der Waals surface area contributed by atoms with Gasteiger partial charge in [-0.3, -0.25) is 14.4 Å². The van der Waals surface area contributed by atoms with E-state index in [9.17, 15) is 19.5 Å². The Bertz CT molecular complexity index is 978. The van der Waals surface area contributed by atoms with Crippen LogP contribution in [0.15, 0.2) is 24.3 Å². The second kappa shape index (κ2) is 14.1. The highest BCUT2D eigenvalue weighted by molar-refractivity contribution is 5.92. The molecule has 0 heterocycles. The number of carbonyl (C=O) groups excluding carboxylic acids is 2. The van der Waals surface area contributed by atoms with Crippen LogP contribution in [0.4, 0.5) is 0 Å². The number of aliphatic carboxylic acids is 1. The van der Waals surface area contributed by atoms with E-state index in [0.717, 1.165) is 94.6 Å². The van der Waals surface area contributed by atoms with Crippen molar-refractivity contribution in [2.24, 2.45) is 17.3 Å². The molecule has 3 rings (SSSR count). The molecule has 0 amide bonds. The zero-order valence-corrected chi connectivity index (χ0v) is 25.1. The summed E-state index contributed by atoms with van der Waals surface area (Å²) in [6.07, 6.45) is 12.9. The first kappa shape index (κ1) is 31.5. The molecule has 0 saturated heterocycles. The van der Waals surface area contributed by atoms with Gasteiger partial charge in [0.05, 0.1) is 11.0 Å². The summed E-state index contributed by atoms with van der Waals surface area (Å²) in [6, 6.07) is 8.25. The van der Waals surface area contributed by atoms with Crippen molar-refractivity contribution >= 4 is 17.5 Å². The number of unbranched alkanes of at least 4 members (excludes halogenated alkanes) is 2. The van der Waals surface area contributed by atoms with Crippen LogP contribution in [0.25, 0.3) is 0 Å². The van der Waals surface area contributed by atoms with E-state index in [0.29, 0.717) is 18.0 Å². The summed E-state index contributed by atoms with van der Waals surface area (Å²) < 4.78 is 5.55. The Hall–Kier alpha value is -2.01. The van der Waals surface area contributed by atoms with Crippen molar-refractivity contribution in [2.75, 3.05) is 7.11 Å². The van der Waals surface area contributed by atoms with Gasteiger partial charge in [-0.2, -0.15) is 0 Å². The summed E-state index contributed by atoms with van der Waals surface area (Å²) in [6.45, 7) is 7.77. The fourth-order valence-corrected chi connectivity index (χ4v) is 6.72. The van der Waals surface area contributed by atoms with Crippen molar-refractivity contribution < 1.29 is 24.2 Å². The van der Waals surface area contributed by atoms with Gasteiger partial charge in [-0.25, -0.2) is 0 Å². The number of methoxy groups -OCH3 is 1. The summed E-state index contributed by atoms with van der Waals surface area (Å²) in [4.78, 5) is 38.8. The number of Topliss-reactive ketones (excluding diaryl/α,β-unsaturated/α-hetero) is 2. The Balaban J connectivity index is 1.63. The number of ether oxygens (including phenoxy) is 1. The van der Waals surface area contributed by atoms with Gasteiger partial charge in [0.1, 0.15) is 11.6 Å². The molecule has 5 heteroatoms.